The van der Waals surface area contributed by atoms with Crippen LogP contribution in [0.5, 0.6) is 0 Å². The van der Waals surface area contributed by atoms with Crippen LogP contribution in [0, 0.1) is 0 Å². The van der Waals surface area contributed by atoms with Crippen molar-refractivity contribution < 1.29 is 22.7 Å². The minimum Gasteiger partial charge on any atom is -0.469 e. The SMILES string of the molecule is COC(=O)CCc1ccc(NC(=O)[C@@H](Cc2ccccc2)NS(=O)(=O)c2ccc(Br)cc2)cc1. The number of methoxy groups -OCH3 is 1. The zero-order valence-corrected chi connectivity index (χ0v) is 20.9. The van der Waals surface area contributed by atoms with Crippen LogP contribution >= 0.6 is 15.9 Å². The third kappa shape index (κ3) is 7.51. The Morgan fingerprint density at radius 3 is 2.18 bits per heavy atom. The van der Waals surface area contributed by atoms with Gasteiger partial charge in [0.25, 0.3) is 0 Å². The van der Waals surface area contributed by atoms with Gasteiger partial charge in [0.15, 0.2) is 0 Å². The molecule has 178 valence electrons. The van der Waals surface area contributed by atoms with E-state index in [1.165, 1.54) is 19.2 Å². The molecule has 0 radical (unpaired) electrons. The van der Waals surface area contributed by atoms with E-state index in [0.29, 0.717) is 12.1 Å². The number of carbonyl (C=O) groups is 2. The normalized spacial score (nSPS) is 12.1. The number of carbonyl (C=O) groups excluding carboxylic acids is 2. The van der Waals surface area contributed by atoms with Crippen molar-refractivity contribution in [3.8, 4) is 0 Å². The summed E-state index contributed by atoms with van der Waals surface area (Å²) in [6.45, 7) is 0. The summed E-state index contributed by atoms with van der Waals surface area (Å²) in [7, 11) is -2.59. The van der Waals surface area contributed by atoms with Gasteiger partial charge in [-0.15, -0.1) is 0 Å². The van der Waals surface area contributed by atoms with E-state index < -0.39 is 22.0 Å². The Morgan fingerprint density at radius 1 is 0.912 bits per heavy atom. The average molecular weight is 545 g/mol. The molecule has 0 heterocycles. The van der Waals surface area contributed by atoms with Crippen molar-refractivity contribution in [2.45, 2.75) is 30.2 Å². The van der Waals surface area contributed by atoms with Gasteiger partial charge in [-0.1, -0.05) is 58.4 Å². The lowest BCUT2D eigenvalue weighted by molar-refractivity contribution is -0.140. The lowest BCUT2D eigenvalue weighted by Gasteiger charge is -2.19. The molecule has 0 aliphatic rings. The number of nitrogens with one attached hydrogen (secondary N) is 2. The van der Waals surface area contributed by atoms with Gasteiger partial charge < -0.3 is 10.1 Å². The first kappa shape index (κ1) is 25.6. The van der Waals surface area contributed by atoms with Crippen LogP contribution in [0.3, 0.4) is 0 Å². The molecular formula is C25H25BrN2O5S. The number of anilines is 1. The Hall–Kier alpha value is -3.01. The number of rotatable bonds is 10. The van der Waals surface area contributed by atoms with Crippen molar-refractivity contribution in [2.75, 3.05) is 12.4 Å². The minimum atomic E-state index is -3.93. The van der Waals surface area contributed by atoms with Gasteiger partial charge in [-0.3, -0.25) is 9.59 Å². The molecule has 0 aromatic heterocycles. The second kappa shape index (κ2) is 11.9. The van der Waals surface area contributed by atoms with E-state index in [-0.39, 0.29) is 23.7 Å². The van der Waals surface area contributed by atoms with Crippen molar-refractivity contribution in [3.63, 3.8) is 0 Å². The number of hydrogen-bond acceptors (Lipinski definition) is 5. The van der Waals surface area contributed by atoms with E-state index >= 15 is 0 Å². The summed E-state index contributed by atoms with van der Waals surface area (Å²) in [5, 5.41) is 2.78. The van der Waals surface area contributed by atoms with Crippen molar-refractivity contribution in [1.82, 2.24) is 4.72 Å². The highest BCUT2D eigenvalue weighted by molar-refractivity contribution is 9.10. The summed E-state index contributed by atoms with van der Waals surface area (Å²) in [4.78, 5) is 24.5. The highest BCUT2D eigenvalue weighted by atomic mass is 79.9. The Balaban J connectivity index is 1.75. The van der Waals surface area contributed by atoms with Crippen LogP contribution in [-0.4, -0.2) is 33.4 Å². The summed E-state index contributed by atoms with van der Waals surface area (Å²) in [5.41, 5.74) is 2.26. The van der Waals surface area contributed by atoms with Gasteiger partial charge in [-0.2, -0.15) is 4.72 Å². The molecule has 1 atom stereocenters. The van der Waals surface area contributed by atoms with Crippen LogP contribution in [-0.2, 0) is 37.2 Å². The summed E-state index contributed by atoms with van der Waals surface area (Å²) in [6, 6.07) is 21.4. The van der Waals surface area contributed by atoms with Gasteiger partial charge in [-0.25, -0.2) is 8.42 Å². The monoisotopic (exact) mass is 544 g/mol. The highest BCUT2D eigenvalue weighted by Gasteiger charge is 2.26. The largest absolute Gasteiger partial charge is 0.469 e. The molecule has 0 aliphatic carbocycles. The molecule has 9 heteroatoms. The maximum atomic E-state index is 13.1. The number of sulfonamides is 1. The number of ether oxygens (including phenoxy) is 1. The molecule has 0 saturated carbocycles. The number of halogens is 1. The molecule has 34 heavy (non-hydrogen) atoms. The Bertz CT molecular complexity index is 1210. The molecule has 2 N–H and O–H groups in total. The Morgan fingerprint density at radius 2 is 1.56 bits per heavy atom. The third-order valence-corrected chi connectivity index (χ3v) is 7.10. The van der Waals surface area contributed by atoms with Crippen LogP contribution in [0.4, 0.5) is 5.69 Å². The van der Waals surface area contributed by atoms with E-state index in [9.17, 15) is 18.0 Å². The number of aryl methyl sites for hydroxylation is 1. The van der Waals surface area contributed by atoms with Crippen LogP contribution in [0.25, 0.3) is 0 Å². The molecule has 0 saturated heterocycles. The molecule has 1 amide bonds. The molecule has 0 bridgehead atoms. The second-order valence-corrected chi connectivity index (χ2v) is 10.2. The number of amides is 1. The van der Waals surface area contributed by atoms with Gasteiger partial charge in [0.1, 0.15) is 6.04 Å². The van der Waals surface area contributed by atoms with Crippen molar-refractivity contribution in [2.24, 2.45) is 0 Å². The minimum absolute atomic E-state index is 0.0662. The van der Waals surface area contributed by atoms with E-state index in [2.05, 4.69) is 30.7 Å². The first-order valence-electron chi connectivity index (χ1n) is 10.6. The lowest BCUT2D eigenvalue weighted by atomic mass is 10.1. The summed E-state index contributed by atoms with van der Waals surface area (Å²) in [5.74, 6) is -0.772. The molecule has 7 nitrogen and oxygen atoms in total. The fourth-order valence-electron chi connectivity index (χ4n) is 3.24. The summed E-state index contributed by atoms with van der Waals surface area (Å²) >= 11 is 3.29. The van der Waals surface area contributed by atoms with Gasteiger partial charge in [0, 0.05) is 16.6 Å². The zero-order valence-electron chi connectivity index (χ0n) is 18.5. The molecular weight excluding hydrogens is 520 g/mol. The van der Waals surface area contributed by atoms with E-state index in [1.807, 2.05) is 30.3 Å². The molecule has 3 aromatic carbocycles. The quantitative estimate of drug-likeness (QED) is 0.374. The fourth-order valence-corrected chi connectivity index (χ4v) is 4.70. The van der Waals surface area contributed by atoms with Crippen molar-refractivity contribution >= 4 is 43.5 Å². The first-order chi connectivity index (χ1) is 16.3. The molecule has 0 spiro atoms. The molecule has 3 aromatic rings. The standard InChI is InChI=1S/C25H25BrN2O5S/c1-33-24(29)16-9-18-7-12-21(13-8-18)27-25(30)23(17-19-5-3-2-4-6-19)28-34(31,32)22-14-10-20(26)11-15-22/h2-8,10-15,23,28H,9,16-17H2,1H3,(H,27,30)/t23-/m1/s1. The smallest absolute Gasteiger partial charge is 0.305 e. The van der Waals surface area contributed by atoms with E-state index in [1.54, 1.807) is 36.4 Å². The summed E-state index contributed by atoms with van der Waals surface area (Å²) < 4.78 is 33.8. The predicted octanol–water partition coefficient (Wildman–Crippen LogP) is 4.08. The molecule has 0 fully saturated rings. The van der Waals surface area contributed by atoms with Gasteiger partial charge in [-0.05, 0) is 60.4 Å². The van der Waals surface area contributed by atoms with Crippen molar-refractivity contribution in [1.29, 1.82) is 0 Å². The predicted molar refractivity (Wildman–Crippen MR) is 134 cm³/mol. The van der Waals surface area contributed by atoms with Crippen LogP contribution < -0.4 is 10.0 Å². The summed E-state index contributed by atoms with van der Waals surface area (Å²) in [6.07, 6.45) is 0.962. The first-order valence-corrected chi connectivity index (χ1v) is 12.8. The average Bonchev–Trinajstić information content (AvgIpc) is 2.83. The maximum Gasteiger partial charge on any atom is 0.305 e. The topological polar surface area (TPSA) is 102 Å². The second-order valence-electron chi connectivity index (χ2n) is 7.58. The number of esters is 1. The zero-order chi connectivity index (χ0) is 24.6. The van der Waals surface area contributed by atoms with Crippen LogP contribution in [0.1, 0.15) is 17.5 Å². The van der Waals surface area contributed by atoms with Gasteiger partial charge in [0.05, 0.1) is 12.0 Å². The Kier molecular flexibility index (Phi) is 8.98. The maximum absolute atomic E-state index is 13.1. The van der Waals surface area contributed by atoms with Gasteiger partial charge in [0.2, 0.25) is 15.9 Å². The molecule has 0 aliphatic heterocycles. The van der Waals surface area contributed by atoms with Crippen molar-refractivity contribution in [3.05, 3.63) is 94.5 Å². The van der Waals surface area contributed by atoms with E-state index in [4.69, 9.17) is 0 Å². The Labute approximate surface area is 207 Å². The van der Waals surface area contributed by atoms with Crippen LogP contribution in [0.2, 0.25) is 0 Å². The molecule has 3 rings (SSSR count). The number of hydrogen-bond donors (Lipinski definition) is 2. The van der Waals surface area contributed by atoms with Gasteiger partial charge >= 0.3 is 5.97 Å². The fraction of sp³-hybridized carbons (Fsp3) is 0.200. The number of benzene rings is 3. The highest BCUT2D eigenvalue weighted by Crippen LogP contribution is 2.17. The van der Waals surface area contributed by atoms with E-state index in [0.717, 1.165) is 15.6 Å². The van der Waals surface area contributed by atoms with Crippen LogP contribution in [0.15, 0.2) is 88.2 Å². The lowest BCUT2D eigenvalue weighted by Crippen LogP contribution is -2.45. The molecule has 0 unspecified atom stereocenters. The third-order valence-electron chi connectivity index (χ3n) is 5.09.